The molecule has 5 atom stereocenters. The van der Waals surface area contributed by atoms with E-state index in [4.69, 9.17) is 11.2 Å². The molecule has 0 aliphatic carbocycles. The number of nitrogens with one attached hydrogen (secondary N) is 1. The minimum Gasteiger partial charge on any atom is -0.379 e. The number of rotatable bonds is 15. The lowest BCUT2D eigenvalue weighted by Gasteiger charge is -2.40. The van der Waals surface area contributed by atoms with Gasteiger partial charge in [-0.25, -0.2) is 0 Å². The first-order valence-corrected chi connectivity index (χ1v) is 12.2. The second-order valence-electron chi connectivity index (χ2n) is 9.72. The smallest absolute Gasteiger partial charge is 0.245 e. The van der Waals surface area contributed by atoms with Crippen LogP contribution in [0.5, 0.6) is 0 Å². The maximum atomic E-state index is 13.6. The maximum absolute atomic E-state index is 13.6. The second-order valence-corrected chi connectivity index (χ2v) is 9.72. The van der Waals surface area contributed by atoms with Gasteiger partial charge in [0.05, 0.1) is 18.2 Å². The molecule has 0 aromatic rings. The number of amides is 2. The molecule has 1 N–H and O–H groups in total. The van der Waals surface area contributed by atoms with Crippen LogP contribution in [0.15, 0.2) is 0 Å². The zero-order chi connectivity index (χ0) is 25.0. The fourth-order valence-corrected chi connectivity index (χ4v) is 4.49. The van der Waals surface area contributed by atoms with Crippen LogP contribution < -0.4 is 5.32 Å². The Morgan fingerprint density at radius 1 is 1.03 bits per heavy atom. The molecule has 0 bridgehead atoms. The Labute approximate surface area is 197 Å². The molecule has 186 valence electrons. The molecule has 0 aliphatic rings. The average Bonchev–Trinajstić information content (AvgIpc) is 2.74. The van der Waals surface area contributed by atoms with Crippen molar-refractivity contribution in [3.05, 3.63) is 0 Å². The summed E-state index contributed by atoms with van der Waals surface area (Å²) in [6.45, 7) is 15.1. The number of hydrogen-bond donors (Lipinski definition) is 1. The Kier molecular flexibility index (Phi) is 14.5. The fraction of sp³-hybridized carbons (Fsp3) is 0.846. The van der Waals surface area contributed by atoms with E-state index < -0.39 is 6.04 Å². The normalized spacial score (nSPS) is 16.4. The Morgan fingerprint density at radius 3 is 2.03 bits per heavy atom. The Morgan fingerprint density at radius 2 is 1.62 bits per heavy atom. The predicted octanol–water partition coefficient (Wildman–Crippen LogP) is 3.80. The van der Waals surface area contributed by atoms with Crippen molar-refractivity contribution in [2.45, 2.75) is 98.4 Å². The predicted molar refractivity (Wildman–Crippen MR) is 133 cm³/mol. The first kappa shape index (κ1) is 30.4. The van der Waals surface area contributed by atoms with E-state index in [1.54, 1.807) is 12.0 Å². The maximum Gasteiger partial charge on any atom is 0.245 e. The van der Waals surface area contributed by atoms with E-state index in [-0.39, 0.29) is 47.8 Å². The minimum absolute atomic E-state index is 0.0336. The average molecular weight is 452 g/mol. The number of carbonyl (C=O) groups excluding carboxylic acids is 2. The van der Waals surface area contributed by atoms with Gasteiger partial charge in [0, 0.05) is 20.6 Å². The van der Waals surface area contributed by atoms with Gasteiger partial charge in [-0.05, 0) is 44.2 Å². The summed E-state index contributed by atoms with van der Waals surface area (Å²) < 4.78 is 5.72. The number of ether oxygens (including phenoxy) is 1. The van der Waals surface area contributed by atoms with Crippen molar-refractivity contribution >= 4 is 11.8 Å². The topological polar surface area (TPSA) is 61.9 Å². The molecule has 0 aromatic carbocycles. The first-order valence-electron chi connectivity index (χ1n) is 12.2. The summed E-state index contributed by atoms with van der Waals surface area (Å²) in [5, 5.41) is 3.08. The highest BCUT2D eigenvalue weighted by Crippen LogP contribution is 2.23. The standard InChI is InChI=1S/C26H49N3O3/c1-12-15-16-17-28(9)23(19(6)7)25(30)27-22(18(4)5)26(31)29(10)24(20(8)13-2)21(14-3)32-11/h1,18-24H,13-17H2,2-11H3,(H,27,30). The summed E-state index contributed by atoms with van der Waals surface area (Å²) in [4.78, 5) is 30.8. The van der Waals surface area contributed by atoms with E-state index in [9.17, 15) is 9.59 Å². The highest BCUT2D eigenvalue weighted by molar-refractivity contribution is 5.90. The summed E-state index contributed by atoms with van der Waals surface area (Å²) >= 11 is 0. The van der Waals surface area contributed by atoms with Gasteiger partial charge in [0.1, 0.15) is 6.04 Å². The summed E-state index contributed by atoms with van der Waals surface area (Å²) in [5.74, 6) is 2.83. The van der Waals surface area contributed by atoms with E-state index in [1.165, 1.54) is 0 Å². The van der Waals surface area contributed by atoms with Crippen LogP contribution in [0.25, 0.3) is 0 Å². The van der Waals surface area contributed by atoms with Gasteiger partial charge < -0.3 is 15.0 Å². The van der Waals surface area contributed by atoms with E-state index in [1.807, 2.05) is 46.7 Å². The second kappa shape index (κ2) is 15.3. The van der Waals surface area contributed by atoms with Crippen LogP contribution in [-0.4, -0.2) is 73.6 Å². The Hall–Kier alpha value is -1.58. The number of hydrogen-bond acceptors (Lipinski definition) is 4. The van der Waals surface area contributed by atoms with Crippen LogP contribution in [0.2, 0.25) is 0 Å². The molecule has 0 saturated heterocycles. The van der Waals surface area contributed by atoms with Crippen molar-refractivity contribution in [2.75, 3.05) is 27.7 Å². The SMILES string of the molecule is C#CCCCN(C)C(C(=O)NC(C(=O)N(C)C(C(C)CC)C(CC)OC)C(C)C)C(C)C. The van der Waals surface area contributed by atoms with Crippen molar-refractivity contribution in [2.24, 2.45) is 17.8 Å². The van der Waals surface area contributed by atoms with Gasteiger partial charge in [-0.1, -0.05) is 54.9 Å². The third-order valence-electron chi connectivity index (χ3n) is 6.55. The van der Waals surface area contributed by atoms with Gasteiger partial charge in [0.25, 0.3) is 0 Å². The molecular weight excluding hydrogens is 402 g/mol. The molecule has 0 aromatic heterocycles. The van der Waals surface area contributed by atoms with Crippen LogP contribution >= 0.6 is 0 Å². The highest BCUT2D eigenvalue weighted by Gasteiger charge is 2.37. The minimum atomic E-state index is -0.589. The Bertz CT molecular complexity index is 596. The number of likely N-dealkylation sites (N-methyl/N-ethyl adjacent to an activating group) is 2. The number of carbonyl (C=O) groups is 2. The van der Waals surface area contributed by atoms with Crippen molar-refractivity contribution in [3.63, 3.8) is 0 Å². The molecule has 6 heteroatoms. The molecule has 0 aliphatic heterocycles. The van der Waals surface area contributed by atoms with Crippen LogP contribution in [0.4, 0.5) is 0 Å². The first-order chi connectivity index (χ1) is 15.0. The third kappa shape index (κ3) is 8.75. The molecule has 2 amide bonds. The summed E-state index contributed by atoms with van der Waals surface area (Å²) in [7, 11) is 5.49. The van der Waals surface area contributed by atoms with Crippen LogP contribution in [-0.2, 0) is 14.3 Å². The van der Waals surface area contributed by atoms with Crippen molar-refractivity contribution in [1.82, 2.24) is 15.1 Å². The Balaban J connectivity index is 5.68. The largest absolute Gasteiger partial charge is 0.379 e. The summed E-state index contributed by atoms with van der Waals surface area (Å²) in [5.41, 5.74) is 0. The molecule has 0 spiro atoms. The zero-order valence-corrected chi connectivity index (χ0v) is 22.3. The van der Waals surface area contributed by atoms with Gasteiger partial charge in [0.2, 0.25) is 11.8 Å². The number of nitrogens with zero attached hydrogens (tertiary/aromatic N) is 2. The summed E-state index contributed by atoms with van der Waals surface area (Å²) in [6.07, 6.45) is 8.61. The van der Waals surface area contributed by atoms with Crippen molar-refractivity contribution in [3.8, 4) is 12.3 Å². The monoisotopic (exact) mass is 451 g/mol. The van der Waals surface area contributed by atoms with Gasteiger partial charge in [-0.2, -0.15) is 0 Å². The highest BCUT2D eigenvalue weighted by atomic mass is 16.5. The molecular formula is C26H49N3O3. The van der Waals surface area contributed by atoms with E-state index in [0.29, 0.717) is 6.42 Å². The van der Waals surface area contributed by atoms with Crippen molar-refractivity contribution < 1.29 is 14.3 Å². The molecule has 0 fully saturated rings. The molecule has 32 heavy (non-hydrogen) atoms. The molecule has 0 saturated carbocycles. The molecule has 0 radical (unpaired) electrons. The van der Waals surface area contributed by atoms with Crippen LogP contribution in [0.3, 0.4) is 0 Å². The third-order valence-corrected chi connectivity index (χ3v) is 6.55. The van der Waals surface area contributed by atoms with Gasteiger partial charge in [-0.3, -0.25) is 14.5 Å². The molecule has 6 nitrogen and oxygen atoms in total. The van der Waals surface area contributed by atoms with Gasteiger partial charge in [0.15, 0.2) is 0 Å². The molecule has 5 unspecified atom stereocenters. The van der Waals surface area contributed by atoms with E-state index in [2.05, 4.69) is 32.0 Å². The zero-order valence-electron chi connectivity index (χ0n) is 22.3. The van der Waals surface area contributed by atoms with Crippen LogP contribution in [0.1, 0.15) is 74.1 Å². The lowest BCUT2D eigenvalue weighted by Crippen LogP contribution is -2.59. The van der Waals surface area contributed by atoms with Gasteiger partial charge in [-0.15, -0.1) is 12.3 Å². The molecule has 0 heterocycles. The fourth-order valence-electron chi connectivity index (χ4n) is 4.49. The van der Waals surface area contributed by atoms with E-state index >= 15 is 0 Å². The summed E-state index contributed by atoms with van der Waals surface area (Å²) in [6, 6.07) is -0.957. The molecule has 0 rings (SSSR count). The lowest BCUT2D eigenvalue weighted by molar-refractivity contribution is -0.143. The number of terminal acetylenes is 1. The number of methoxy groups -OCH3 is 1. The lowest BCUT2D eigenvalue weighted by atomic mass is 9.90. The van der Waals surface area contributed by atoms with Crippen LogP contribution in [0, 0.1) is 30.1 Å². The van der Waals surface area contributed by atoms with E-state index in [0.717, 1.165) is 25.8 Å². The quantitative estimate of drug-likeness (QED) is 0.304. The van der Waals surface area contributed by atoms with Crippen molar-refractivity contribution in [1.29, 1.82) is 0 Å². The van der Waals surface area contributed by atoms with Gasteiger partial charge >= 0.3 is 0 Å². The number of unbranched alkanes of at least 4 members (excludes halogenated alkanes) is 1.